The molecule has 0 aliphatic carbocycles. The van der Waals surface area contributed by atoms with Crippen LogP contribution < -0.4 is 10.6 Å². The summed E-state index contributed by atoms with van der Waals surface area (Å²) < 4.78 is 0. The number of rotatable bonds is 7. The Morgan fingerprint density at radius 3 is 2.11 bits per heavy atom. The second-order valence-corrected chi connectivity index (χ2v) is 5.63. The SMILES string of the molecule is CC(C)CCN(CCC(C)C)c1ccnc(N)n1. The van der Waals surface area contributed by atoms with Gasteiger partial charge in [0.05, 0.1) is 0 Å². The molecule has 4 heteroatoms. The lowest BCUT2D eigenvalue weighted by atomic mass is 10.1. The van der Waals surface area contributed by atoms with Crippen molar-refractivity contribution in [2.24, 2.45) is 11.8 Å². The molecule has 0 amide bonds. The van der Waals surface area contributed by atoms with Crippen LogP contribution in [0.3, 0.4) is 0 Å². The molecule has 0 aromatic carbocycles. The molecule has 1 rings (SSSR count). The molecular weight excluding hydrogens is 224 g/mol. The van der Waals surface area contributed by atoms with Crippen LogP contribution in [0.5, 0.6) is 0 Å². The third-order valence-corrected chi connectivity index (χ3v) is 2.94. The van der Waals surface area contributed by atoms with Crippen molar-refractivity contribution in [3.63, 3.8) is 0 Å². The molecule has 0 spiro atoms. The van der Waals surface area contributed by atoms with Crippen LogP contribution in [0.25, 0.3) is 0 Å². The van der Waals surface area contributed by atoms with Crippen LogP contribution in [0.1, 0.15) is 40.5 Å². The van der Waals surface area contributed by atoms with Crippen molar-refractivity contribution in [3.05, 3.63) is 12.3 Å². The predicted molar refractivity (Wildman–Crippen MR) is 77.6 cm³/mol. The van der Waals surface area contributed by atoms with Crippen molar-refractivity contribution in [2.75, 3.05) is 23.7 Å². The monoisotopic (exact) mass is 250 g/mol. The maximum absolute atomic E-state index is 5.66. The summed E-state index contributed by atoms with van der Waals surface area (Å²) in [5.41, 5.74) is 5.66. The lowest BCUT2D eigenvalue weighted by Gasteiger charge is -2.25. The topological polar surface area (TPSA) is 55.0 Å². The van der Waals surface area contributed by atoms with Gasteiger partial charge < -0.3 is 10.6 Å². The molecule has 4 nitrogen and oxygen atoms in total. The van der Waals surface area contributed by atoms with E-state index in [9.17, 15) is 0 Å². The zero-order valence-electron chi connectivity index (χ0n) is 12.1. The van der Waals surface area contributed by atoms with Gasteiger partial charge in [-0.15, -0.1) is 0 Å². The van der Waals surface area contributed by atoms with Crippen LogP contribution in [-0.2, 0) is 0 Å². The maximum atomic E-state index is 5.66. The largest absolute Gasteiger partial charge is 0.368 e. The van der Waals surface area contributed by atoms with Gasteiger partial charge in [-0.25, -0.2) is 4.98 Å². The third kappa shape index (κ3) is 5.34. The first kappa shape index (κ1) is 14.7. The first-order valence-corrected chi connectivity index (χ1v) is 6.82. The summed E-state index contributed by atoms with van der Waals surface area (Å²) in [6.45, 7) is 11.0. The van der Waals surface area contributed by atoms with Gasteiger partial charge in [-0.1, -0.05) is 27.7 Å². The Bertz CT molecular complexity index is 337. The van der Waals surface area contributed by atoms with Crippen LogP contribution in [0.4, 0.5) is 11.8 Å². The van der Waals surface area contributed by atoms with Gasteiger partial charge in [0.2, 0.25) is 5.95 Å². The van der Waals surface area contributed by atoms with Crippen LogP contribution in [0, 0.1) is 11.8 Å². The van der Waals surface area contributed by atoms with Crippen molar-refractivity contribution < 1.29 is 0 Å². The highest BCUT2D eigenvalue weighted by Gasteiger charge is 2.10. The van der Waals surface area contributed by atoms with Gasteiger partial charge in [0, 0.05) is 19.3 Å². The van der Waals surface area contributed by atoms with Gasteiger partial charge in [-0.3, -0.25) is 0 Å². The number of hydrogen-bond donors (Lipinski definition) is 1. The standard InChI is InChI=1S/C14H26N4/c1-11(2)6-9-18(10-7-12(3)4)13-5-8-16-14(15)17-13/h5,8,11-12H,6-7,9-10H2,1-4H3,(H2,15,16,17). The molecular formula is C14H26N4. The smallest absolute Gasteiger partial charge is 0.221 e. The Morgan fingerprint density at radius 1 is 1.11 bits per heavy atom. The second kappa shape index (κ2) is 7.19. The van der Waals surface area contributed by atoms with E-state index in [0.717, 1.165) is 18.9 Å². The fourth-order valence-corrected chi connectivity index (χ4v) is 1.71. The summed E-state index contributed by atoms with van der Waals surface area (Å²) >= 11 is 0. The predicted octanol–water partition coefficient (Wildman–Crippen LogP) is 2.96. The number of nitrogen functional groups attached to an aromatic ring is 1. The zero-order valence-corrected chi connectivity index (χ0v) is 12.1. The lowest BCUT2D eigenvalue weighted by molar-refractivity contribution is 0.533. The molecule has 0 radical (unpaired) electrons. The van der Waals surface area contributed by atoms with Gasteiger partial charge in [-0.2, -0.15) is 4.98 Å². The molecule has 0 fully saturated rings. The fraction of sp³-hybridized carbons (Fsp3) is 0.714. The Balaban J connectivity index is 2.69. The summed E-state index contributed by atoms with van der Waals surface area (Å²) in [5, 5.41) is 0. The van der Waals surface area contributed by atoms with Crippen LogP contribution >= 0.6 is 0 Å². The molecule has 102 valence electrons. The van der Waals surface area contributed by atoms with Crippen LogP contribution in [0.15, 0.2) is 12.3 Å². The Morgan fingerprint density at radius 2 is 1.67 bits per heavy atom. The highest BCUT2D eigenvalue weighted by molar-refractivity contribution is 5.40. The fourth-order valence-electron chi connectivity index (χ4n) is 1.71. The van der Waals surface area contributed by atoms with E-state index in [0.29, 0.717) is 17.8 Å². The van der Waals surface area contributed by atoms with E-state index in [1.54, 1.807) is 6.20 Å². The number of anilines is 2. The minimum Gasteiger partial charge on any atom is -0.368 e. The maximum Gasteiger partial charge on any atom is 0.221 e. The van der Waals surface area contributed by atoms with Gasteiger partial charge in [0.1, 0.15) is 5.82 Å². The van der Waals surface area contributed by atoms with E-state index >= 15 is 0 Å². The Labute approximate surface area is 111 Å². The van der Waals surface area contributed by atoms with E-state index in [2.05, 4.69) is 42.6 Å². The first-order chi connectivity index (χ1) is 8.49. The molecule has 18 heavy (non-hydrogen) atoms. The number of nitrogens with two attached hydrogens (primary N) is 1. The van der Waals surface area contributed by atoms with Crippen LogP contribution in [0.2, 0.25) is 0 Å². The summed E-state index contributed by atoms with van der Waals surface area (Å²) in [7, 11) is 0. The van der Waals surface area contributed by atoms with Crippen LogP contribution in [-0.4, -0.2) is 23.1 Å². The van der Waals surface area contributed by atoms with Gasteiger partial charge in [0.15, 0.2) is 0 Å². The molecule has 0 saturated heterocycles. The van der Waals surface area contributed by atoms with Crippen molar-refractivity contribution in [1.29, 1.82) is 0 Å². The van der Waals surface area contributed by atoms with E-state index in [1.165, 1.54) is 12.8 Å². The van der Waals surface area contributed by atoms with E-state index in [1.807, 2.05) is 6.07 Å². The van der Waals surface area contributed by atoms with Gasteiger partial charge in [0.25, 0.3) is 0 Å². The Kier molecular flexibility index (Phi) is 5.89. The summed E-state index contributed by atoms with van der Waals surface area (Å²) in [4.78, 5) is 10.6. The van der Waals surface area contributed by atoms with E-state index < -0.39 is 0 Å². The number of nitrogens with zero attached hydrogens (tertiary/aromatic N) is 3. The molecule has 0 bridgehead atoms. The molecule has 1 aromatic heterocycles. The number of aromatic nitrogens is 2. The summed E-state index contributed by atoms with van der Waals surface area (Å²) in [6.07, 6.45) is 4.07. The summed E-state index contributed by atoms with van der Waals surface area (Å²) in [6, 6.07) is 1.94. The average molecular weight is 250 g/mol. The quantitative estimate of drug-likeness (QED) is 0.808. The molecule has 2 N–H and O–H groups in total. The van der Waals surface area contributed by atoms with Crippen molar-refractivity contribution in [1.82, 2.24) is 9.97 Å². The lowest BCUT2D eigenvalue weighted by Crippen LogP contribution is -2.28. The van der Waals surface area contributed by atoms with Crippen molar-refractivity contribution >= 4 is 11.8 Å². The summed E-state index contributed by atoms with van der Waals surface area (Å²) in [5.74, 6) is 2.70. The van der Waals surface area contributed by atoms with Crippen molar-refractivity contribution in [3.8, 4) is 0 Å². The van der Waals surface area contributed by atoms with Gasteiger partial charge >= 0.3 is 0 Å². The normalized spacial score (nSPS) is 11.2. The second-order valence-electron chi connectivity index (χ2n) is 5.63. The van der Waals surface area contributed by atoms with E-state index in [-0.39, 0.29) is 0 Å². The number of hydrogen-bond acceptors (Lipinski definition) is 4. The molecule has 1 heterocycles. The van der Waals surface area contributed by atoms with E-state index in [4.69, 9.17) is 5.73 Å². The zero-order chi connectivity index (χ0) is 13.5. The average Bonchev–Trinajstić information content (AvgIpc) is 2.28. The Hall–Kier alpha value is -1.32. The minimum atomic E-state index is 0.353. The molecule has 0 atom stereocenters. The molecule has 0 unspecified atom stereocenters. The van der Waals surface area contributed by atoms with Gasteiger partial charge in [-0.05, 0) is 30.7 Å². The highest BCUT2D eigenvalue weighted by Crippen LogP contribution is 2.15. The molecule has 1 aromatic rings. The highest BCUT2D eigenvalue weighted by atomic mass is 15.2. The third-order valence-electron chi connectivity index (χ3n) is 2.94. The molecule has 0 saturated carbocycles. The molecule has 0 aliphatic rings. The minimum absolute atomic E-state index is 0.353. The molecule has 0 aliphatic heterocycles. The van der Waals surface area contributed by atoms with Crippen molar-refractivity contribution in [2.45, 2.75) is 40.5 Å². The first-order valence-electron chi connectivity index (χ1n) is 6.82.